The van der Waals surface area contributed by atoms with Crippen LogP contribution in [0.1, 0.15) is 49.4 Å². The fraction of sp³-hybridized carbons (Fsp3) is 0.381. The predicted octanol–water partition coefficient (Wildman–Crippen LogP) is 6.18. The normalized spacial score (nSPS) is 11.5. The van der Waals surface area contributed by atoms with E-state index < -0.39 is 0 Å². The summed E-state index contributed by atoms with van der Waals surface area (Å²) in [6.07, 6.45) is 4.53. The van der Waals surface area contributed by atoms with Crippen LogP contribution in [0.15, 0.2) is 30.5 Å². The lowest BCUT2D eigenvalue weighted by molar-refractivity contribution is 0.415. The molecule has 4 heteroatoms. The molecule has 0 unspecified atom stereocenters. The summed E-state index contributed by atoms with van der Waals surface area (Å²) in [5, 5.41) is 0.656. The Kier molecular flexibility index (Phi) is 5.05. The minimum absolute atomic E-state index is 0.581. The van der Waals surface area contributed by atoms with Crippen molar-refractivity contribution in [2.75, 3.05) is 7.11 Å². The first-order chi connectivity index (χ1) is 12.0. The number of benzene rings is 1. The fourth-order valence-corrected chi connectivity index (χ4v) is 3.76. The summed E-state index contributed by atoms with van der Waals surface area (Å²) >= 11 is 6.48. The molecule has 132 valence electrons. The van der Waals surface area contributed by atoms with Gasteiger partial charge in [0.1, 0.15) is 11.4 Å². The summed E-state index contributed by atoms with van der Waals surface area (Å²) in [5.41, 5.74) is 6.54. The molecule has 25 heavy (non-hydrogen) atoms. The number of aryl methyl sites for hydroxylation is 2. The molecule has 3 aromatic rings. The summed E-state index contributed by atoms with van der Waals surface area (Å²) in [4.78, 5) is 4.89. The van der Waals surface area contributed by atoms with Gasteiger partial charge in [0.25, 0.3) is 0 Å². The Hall–Kier alpha value is -2.00. The third-order valence-electron chi connectivity index (χ3n) is 5.05. The molecule has 3 rings (SSSR count). The lowest BCUT2D eigenvalue weighted by atomic mass is 9.94. The van der Waals surface area contributed by atoms with Crippen LogP contribution in [-0.2, 0) is 0 Å². The topological polar surface area (TPSA) is 26.5 Å². The van der Waals surface area contributed by atoms with E-state index in [9.17, 15) is 0 Å². The lowest BCUT2D eigenvalue weighted by Gasteiger charge is -2.14. The van der Waals surface area contributed by atoms with Gasteiger partial charge in [0.2, 0.25) is 0 Å². The molecule has 0 spiro atoms. The van der Waals surface area contributed by atoms with E-state index in [4.69, 9.17) is 21.3 Å². The van der Waals surface area contributed by atoms with Gasteiger partial charge in [-0.05, 0) is 61.9 Å². The molecule has 1 aromatic carbocycles. The van der Waals surface area contributed by atoms with Crippen molar-refractivity contribution in [3.8, 4) is 17.0 Å². The number of methoxy groups -OCH3 is 1. The molecule has 2 heterocycles. The van der Waals surface area contributed by atoms with Gasteiger partial charge in [0, 0.05) is 17.5 Å². The summed E-state index contributed by atoms with van der Waals surface area (Å²) in [5.74, 6) is 1.33. The maximum Gasteiger partial charge on any atom is 0.140 e. The van der Waals surface area contributed by atoms with Crippen LogP contribution in [-0.4, -0.2) is 16.5 Å². The average molecular weight is 357 g/mol. The quantitative estimate of drug-likeness (QED) is 0.545. The molecule has 0 atom stereocenters. The molecule has 0 saturated carbocycles. The molecule has 0 aliphatic heterocycles. The van der Waals surface area contributed by atoms with Crippen molar-refractivity contribution < 1.29 is 4.74 Å². The third-order valence-corrected chi connectivity index (χ3v) is 5.37. The van der Waals surface area contributed by atoms with Gasteiger partial charge < -0.3 is 9.14 Å². The second-order valence-electron chi connectivity index (χ2n) is 6.56. The number of rotatable bonds is 5. The lowest BCUT2D eigenvalue weighted by Crippen LogP contribution is -2.00. The SMILES string of the molecule is CCC(CC)c1cc(C)c2nc(-c3ccc(OC)cc3Cl)c(C)n2c1. The number of imidazole rings is 1. The molecule has 0 saturated heterocycles. The summed E-state index contributed by atoms with van der Waals surface area (Å²) < 4.78 is 7.46. The highest BCUT2D eigenvalue weighted by atomic mass is 35.5. The van der Waals surface area contributed by atoms with Crippen LogP contribution in [0.25, 0.3) is 16.9 Å². The number of hydrogen-bond donors (Lipinski definition) is 0. The van der Waals surface area contributed by atoms with Crippen LogP contribution in [0, 0.1) is 13.8 Å². The van der Waals surface area contributed by atoms with Gasteiger partial charge in [-0.25, -0.2) is 4.98 Å². The van der Waals surface area contributed by atoms with Crippen LogP contribution in [0.4, 0.5) is 0 Å². The van der Waals surface area contributed by atoms with Crippen molar-refractivity contribution in [2.24, 2.45) is 0 Å². The maximum atomic E-state index is 6.48. The van der Waals surface area contributed by atoms with Gasteiger partial charge in [-0.3, -0.25) is 0 Å². The van der Waals surface area contributed by atoms with Crippen molar-refractivity contribution in [2.45, 2.75) is 46.5 Å². The molecule has 3 nitrogen and oxygen atoms in total. The Morgan fingerprint density at radius 3 is 2.48 bits per heavy atom. The van der Waals surface area contributed by atoms with Crippen molar-refractivity contribution in [1.29, 1.82) is 0 Å². The zero-order valence-corrected chi connectivity index (χ0v) is 16.3. The molecule has 0 aliphatic carbocycles. The van der Waals surface area contributed by atoms with Crippen molar-refractivity contribution in [3.63, 3.8) is 0 Å². The Labute approximate surface area is 154 Å². The van der Waals surface area contributed by atoms with Crippen LogP contribution in [0.5, 0.6) is 5.75 Å². The van der Waals surface area contributed by atoms with E-state index in [0.29, 0.717) is 10.9 Å². The number of fused-ring (bicyclic) bond motifs is 1. The first-order valence-electron chi connectivity index (χ1n) is 8.83. The van der Waals surface area contributed by atoms with Crippen LogP contribution in [0.3, 0.4) is 0 Å². The van der Waals surface area contributed by atoms with Gasteiger partial charge in [0.15, 0.2) is 0 Å². The Morgan fingerprint density at radius 2 is 1.88 bits per heavy atom. The van der Waals surface area contributed by atoms with E-state index in [1.54, 1.807) is 7.11 Å². The fourth-order valence-electron chi connectivity index (χ4n) is 3.50. The van der Waals surface area contributed by atoms with Crippen molar-refractivity contribution in [1.82, 2.24) is 9.38 Å². The third kappa shape index (κ3) is 3.13. The summed E-state index contributed by atoms with van der Waals surface area (Å²) in [7, 11) is 1.64. The number of ether oxygens (including phenoxy) is 1. The number of halogens is 1. The Morgan fingerprint density at radius 1 is 1.16 bits per heavy atom. The Bertz CT molecular complexity index is 910. The van der Waals surface area contributed by atoms with Gasteiger partial charge in [-0.1, -0.05) is 31.5 Å². The van der Waals surface area contributed by atoms with Crippen molar-refractivity contribution >= 4 is 17.2 Å². The smallest absolute Gasteiger partial charge is 0.140 e. The Balaban J connectivity index is 2.19. The highest BCUT2D eigenvalue weighted by Gasteiger charge is 2.17. The summed E-state index contributed by atoms with van der Waals surface area (Å²) in [6, 6.07) is 8.02. The van der Waals surface area contributed by atoms with E-state index in [0.717, 1.165) is 41.2 Å². The van der Waals surface area contributed by atoms with Crippen molar-refractivity contribution in [3.05, 3.63) is 52.3 Å². The molecule has 0 aliphatic rings. The number of hydrogen-bond acceptors (Lipinski definition) is 2. The highest BCUT2D eigenvalue weighted by molar-refractivity contribution is 6.33. The van der Waals surface area contributed by atoms with E-state index in [-0.39, 0.29) is 0 Å². The van der Waals surface area contributed by atoms with Gasteiger partial charge in [0.05, 0.1) is 17.8 Å². The first-order valence-corrected chi connectivity index (χ1v) is 9.21. The van der Waals surface area contributed by atoms with E-state index in [1.165, 1.54) is 11.1 Å². The molecule has 0 bridgehead atoms. The first kappa shape index (κ1) is 17.8. The molecule has 2 aromatic heterocycles. The minimum atomic E-state index is 0.581. The molecule has 0 fully saturated rings. The number of pyridine rings is 1. The zero-order chi connectivity index (χ0) is 18.1. The largest absolute Gasteiger partial charge is 0.497 e. The van der Waals surface area contributed by atoms with Crippen LogP contribution >= 0.6 is 11.6 Å². The standard InChI is InChI=1S/C21H25ClN2O/c1-6-15(7-2)16-10-13(3)21-23-20(14(4)24(21)12-16)18-9-8-17(25-5)11-19(18)22/h8-12,15H,6-7H2,1-5H3. The predicted molar refractivity (Wildman–Crippen MR) is 105 cm³/mol. The van der Waals surface area contributed by atoms with Crippen LogP contribution in [0.2, 0.25) is 5.02 Å². The van der Waals surface area contributed by atoms with E-state index >= 15 is 0 Å². The van der Waals surface area contributed by atoms with E-state index in [2.05, 4.69) is 44.4 Å². The average Bonchev–Trinajstić information content (AvgIpc) is 2.93. The number of nitrogens with zero attached hydrogens (tertiary/aromatic N) is 2. The van der Waals surface area contributed by atoms with Crippen LogP contribution < -0.4 is 4.74 Å². The monoisotopic (exact) mass is 356 g/mol. The maximum absolute atomic E-state index is 6.48. The summed E-state index contributed by atoms with van der Waals surface area (Å²) in [6.45, 7) is 8.73. The van der Waals surface area contributed by atoms with Gasteiger partial charge in [-0.2, -0.15) is 0 Å². The minimum Gasteiger partial charge on any atom is -0.497 e. The van der Waals surface area contributed by atoms with Gasteiger partial charge >= 0.3 is 0 Å². The highest BCUT2D eigenvalue weighted by Crippen LogP contribution is 2.34. The van der Waals surface area contributed by atoms with E-state index in [1.807, 2.05) is 18.2 Å². The molecular formula is C21H25ClN2O. The molecular weight excluding hydrogens is 332 g/mol. The number of aromatic nitrogens is 2. The molecule has 0 N–H and O–H groups in total. The second kappa shape index (κ2) is 7.09. The zero-order valence-electron chi connectivity index (χ0n) is 15.6. The molecule has 0 radical (unpaired) electrons. The molecule has 0 amide bonds. The second-order valence-corrected chi connectivity index (χ2v) is 6.96. The van der Waals surface area contributed by atoms with Gasteiger partial charge in [-0.15, -0.1) is 0 Å².